The van der Waals surface area contributed by atoms with Gasteiger partial charge in [0.1, 0.15) is 5.76 Å². The van der Waals surface area contributed by atoms with Crippen LogP contribution < -0.4 is 0 Å². The van der Waals surface area contributed by atoms with Gasteiger partial charge in [-0.05, 0) is 13.5 Å². The van der Waals surface area contributed by atoms with Crippen molar-refractivity contribution in [2.75, 3.05) is 52.9 Å². The molecule has 0 radical (unpaired) electrons. The van der Waals surface area contributed by atoms with E-state index in [0.29, 0.717) is 49.8 Å². The monoisotopic (exact) mass is 356 g/mol. The van der Waals surface area contributed by atoms with E-state index in [9.17, 15) is 9.90 Å². The second-order valence-electron chi connectivity index (χ2n) is 6.99. The zero-order valence-corrected chi connectivity index (χ0v) is 14.8. The van der Waals surface area contributed by atoms with Gasteiger partial charge in [-0.15, -0.1) is 0 Å². The summed E-state index contributed by atoms with van der Waals surface area (Å²) in [4.78, 5) is 18.7. The molecule has 1 atom stereocenters. The first-order chi connectivity index (χ1) is 11.4. The first-order valence-electron chi connectivity index (χ1n) is 8.46. The zero-order chi connectivity index (χ0) is 17.2. The van der Waals surface area contributed by atoms with Gasteiger partial charge >= 0.3 is 0 Å². The minimum Gasteiger partial charge on any atom is -0.387 e. The molecule has 2 saturated heterocycles. The van der Waals surface area contributed by atoms with Crippen molar-refractivity contribution in [3.8, 4) is 0 Å². The molecule has 24 heavy (non-hydrogen) atoms. The Morgan fingerprint density at radius 1 is 1.38 bits per heavy atom. The Morgan fingerprint density at radius 3 is 2.79 bits per heavy atom. The van der Waals surface area contributed by atoms with E-state index in [1.165, 1.54) is 0 Å². The second kappa shape index (κ2) is 7.39. The highest BCUT2D eigenvalue weighted by molar-refractivity contribution is 6.29. The lowest BCUT2D eigenvalue weighted by Gasteiger charge is -2.36. The molecule has 0 saturated carbocycles. The molecule has 1 N–H and O–H groups in total. The fraction of sp³-hybridized carbons (Fsp3) is 0.750. The number of likely N-dealkylation sites (N-methyl/N-ethyl adjacent to an activating group) is 1. The highest BCUT2D eigenvalue weighted by Crippen LogP contribution is 2.24. The zero-order valence-electron chi connectivity index (χ0n) is 14.1. The van der Waals surface area contributed by atoms with Crippen molar-refractivity contribution < 1.29 is 14.4 Å². The lowest BCUT2D eigenvalue weighted by atomic mass is 10.0. The van der Waals surface area contributed by atoms with Gasteiger partial charge in [0.05, 0.1) is 12.1 Å². The van der Waals surface area contributed by atoms with Crippen molar-refractivity contribution in [3.05, 3.63) is 17.0 Å². The fourth-order valence-electron chi connectivity index (χ4n) is 3.41. The molecular weight excluding hydrogens is 332 g/mol. The standard InChI is InChI=1S/C16H25ClN4O3/c1-19-6-8-20(9-7-19)11-16(23)4-5-21(12-16)15(22)3-2-13-10-14(17)18-24-13/h10,23H,2-9,11-12H2,1H3/t16-/m0/s1. The topological polar surface area (TPSA) is 73.1 Å². The third-order valence-electron chi connectivity index (χ3n) is 4.91. The van der Waals surface area contributed by atoms with Gasteiger partial charge < -0.3 is 19.4 Å². The number of nitrogens with zero attached hydrogens (tertiary/aromatic N) is 4. The molecule has 1 aromatic rings. The van der Waals surface area contributed by atoms with Crippen LogP contribution in [0.15, 0.2) is 10.6 Å². The van der Waals surface area contributed by atoms with Gasteiger partial charge in [-0.3, -0.25) is 9.69 Å². The Balaban J connectivity index is 1.46. The molecule has 2 aliphatic heterocycles. The van der Waals surface area contributed by atoms with E-state index < -0.39 is 5.60 Å². The number of rotatable bonds is 5. The summed E-state index contributed by atoms with van der Waals surface area (Å²) in [6.07, 6.45) is 1.46. The Morgan fingerprint density at radius 2 is 2.12 bits per heavy atom. The number of amides is 1. The number of aryl methyl sites for hydroxylation is 1. The van der Waals surface area contributed by atoms with Crippen molar-refractivity contribution in [1.29, 1.82) is 0 Å². The van der Waals surface area contributed by atoms with Crippen LogP contribution in [0.5, 0.6) is 0 Å². The van der Waals surface area contributed by atoms with E-state index in [1.54, 1.807) is 11.0 Å². The maximum atomic E-state index is 12.3. The molecule has 1 aromatic heterocycles. The van der Waals surface area contributed by atoms with E-state index in [2.05, 4.69) is 22.0 Å². The van der Waals surface area contributed by atoms with Crippen molar-refractivity contribution >= 4 is 17.5 Å². The van der Waals surface area contributed by atoms with Gasteiger partial charge in [0, 0.05) is 58.2 Å². The van der Waals surface area contributed by atoms with Crippen molar-refractivity contribution in [2.45, 2.75) is 24.9 Å². The van der Waals surface area contributed by atoms with Gasteiger partial charge in [-0.2, -0.15) is 0 Å². The summed E-state index contributed by atoms with van der Waals surface area (Å²) in [6, 6.07) is 1.63. The van der Waals surface area contributed by atoms with Crippen LogP contribution in [0.3, 0.4) is 0 Å². The fourth-order valence-corrected chi connectivity index (χ4v) is 3.57. The number of halogens is 1. The van der Waals surface area contributed by atoms with Gasteiger partial charge in [0.25, 0.3) is 0 Å². The first kappa shape index (κ1) is 17.7. The lowest BCUT2D eigenvalue weighted by molar-refractivity contribution is -0.131. The molecule has 3 rings (SSSR count). The largest absolute Gasteiger partial charge is 0.387 e. The third kappa shape index (κ3) is 4.47. The van der Waals surface area contributed by atoms with Crippen LogP contribution in [0.4, 0.5) is 0 Å². The minimum absolute atomic E-state index is 0.0387. The van der Waals surface area contributed by atoms with Crippen LogP contribution in [-0.4, -0.2) is 89.3 Å². The van der Waals surface area contributed by atoms with Crippen LogP contribution >= 0.6 is 11.6 Å². The molecule has 1 amide bonds. The van der Waals surface area contributed by atoms with Crippen LogP contribution in [0.2, 0.25) is 5.15 Å². The predicted octanol–water partition coefficient (Wildman–Crippen LogP) is 0.471. The van der Waals surface area contributed by atoms with E-state index in [1.807, 2.05) is 0 Å². The molecule has 2 fully saturated rings. The smallest absolute Gasteiger partial charge is 0.223 e. The molecule has 7 nitrogen and oxygen atoms in total. The summed E-state index contributed by atoms with van der Waals surface area (Å²) >= 11 is 5.70. The number of carbonyl (C=O) groups excluding carboxylic acids is 1. The molecule has 0 bridgehead atoms. The average molecular weight is 357 g/mol. The number of hydrogen-bond donors (Lipinski definition) is 1. The van der Waals surface area contributed by atoms with Crippen LogP contribution in [0.1, 0.15) is 18.6 Å². The molecular formula is C16H25ClN4O3. The van der Waals surface area contributed by atoms with Crippen molar-refractivity contribution in [2.24, 2.45) is 0 Å². The number of aliphatic hydroxyl groups is 1. The summed E-state index contributed by atoms with van der Waals surface area (Å²) < 4.78 is 5.01. The Hall–Kier alpha value is -1.15. The quantitative estimate of drug-likeness (QED) is 0.827. The van der Waals surface area contributed by atoms with Crippen LogP contribution in [-0.2, 0) is 11.2 Å². The highest BCUT2D eigenvalue weighted by atomic mass is 35.5. The van der Waals surface area contributed by atoms with E-state index >= 15 is 0 Å². The maximum absolute atomic E-state index is 12.3. The molecule has 3 heterocycles. The summed E-state index contributed by atoms with van der Waals surface area (Å²) in [7, 11) is 2.11. The SMILES string of the molecule is CN1CCN(C[C@@]2(O)CCN(C(=O)CCc3cc(Cl)no3)C2)CC1. The molecule has 0 aromatic carbocycles. The number of likely N-dealkylation sites (tertiary alicyclic amines) is 1. The maximum Gasteiger partial charge on any atom is 0.223 e. The van der Waals surface area contributed by atoms with E-state index in [0.717, 1.165) is 26.2 Å². The lowest BCUT2D eigenvalue weighted by Crippen LogP contribution is -2.52. The number of carbonyl (C=O) groups is 1. The summed E-state index contributed by atoms with van der Waals surface area (Å²) in [5.74, 6) is 0.650. The van der Waals surface area contributed by atoms with Crippen LogP contribution in [0.25, 0.3) is 0 Å². The molecule has 134 valence electrons. The predicted molar refractivity (Wildman–Crippen MR) is 89.9 cm³/mol. The van der Waals surface area contributed by atoms with E-state index in [-0.39, 0.29) is 5.91 Å². The molecule has 2 aliphatic rings. The Labute approximate surface area is 147 Å². The van der Waals surface area contributed by atoms with Gasteiger partial charge in [-0.25, -0.2) is 0 Å². The van der Waals surface area contributed by atoms with Gasteiger partial charge in [0.15, 0.2) is 5.15 Å². The number of piperazine rings is 1. The number of aromatic nitrogens is 1. The van der Waals surface area contributed by atoms with Gasteiger partial charge in [0.2, 0.25) is 5.91 Å². The Bertz CT molecular complexity index is 573. The highest BCUT2D eigenvalue weighted by Gasteiger charge is 2.39. The molecule has 0 unspecified atom stereocenters. The Kier molecular flexibility index (Phi) is 5.44. The van der Waals surface area contributed by atoms with Crippen molar-refractivity contribution in [1.82, 2.24) is 19.9 Å². The molecule has 0 spiro atoms. The summed E-state index contributed by atoms with van der Waals surface area (Å²) in [5.41, 5.74) is -0.791. The molecule has 8 heteroatoms. The first-order valence-corrected chi connectivity index (χ1v) is 8.83. The third-order valence-corrected chi connectivity index (χ3v) is 5.09. The van der Waals surface area contributed by atoms with Crippen molar-refractivity contribution in [3.63, 3.8) is 0 Å². The summed E-state index contributed by atoms with van der Waals surface area (Å²) in [5, 5.41) is 14.7. The number of hydrogen-bond acceptors (Lipinski definition) is 6. The normalized spacial score (nSPS) is 26.2. The molecule has 0 aliphatic carbocycles. The average Bonchev–Trinajstić information content (AvgIpc) is 3.14. The summed E-state index contributed by atoms with van der Waals surface area (Å²) in [6.45, 7) is 5.66. The minimum atomic E-state index is -0.791. The van der Waals surface area contributed by atoms with Gasteiger partial charge in [-0.1, -0.05) is 16.8 Å². The second-order valence-corrected chi connectivity index (χ2v) is 7.37. The number of β-amino-alcohol motifs (C(OH)–C–C–N with tert-alkyl or cyclic N) is 1. The van der Waals surface area contributed by atoms with Crippen LogP contribution in [0, 0.1) is 0 Å². The van der Waals surface area contributed by atoms with E-state index in [4.69, 9.17) is 16.1 Å².